The molecule has 16 heavy (non-hydrogen) atoms. The number of carbonyl (C=O) groups is 1. The molecule has 0 bridgehead atoms. The van der Waals surface area contributed by atoms with E-state index < -0.39 is 11.9 Å². The van der Waals surface area contributed by atoms with Crippen molar-refractivity contribution in [2.75, 3.05) is 19.5 Å². The summed E-state index contributed by atoms with van der Waals surface area (Å²) in [4.78, 5) is 10.9. The zero-order valence-corrected chi connectivity index (χ0v) is 9.61. The summed E-state index contributed by atoms with van der Waals surface area (Å²) >= 11 is 0. The maximum atomic E-state index is 10.9. The van der Waals surface area contributed by atoms with Crippen LogP contribution in [-0.4, -0.2) is 26.2 Å². The van der Waals surface area contributed by atoms with Gasteiger partial charge in [-0.25, -0.2) is 0 Å². The average Bonchev–Trinajstić information content (AvgIpc) is 2.28. The van der Waals surface area contributed by atoms with Crippen molar-refractivity contribution in [1.29, 1.82) is 0 Å². The molecule has 0 heterocycles. The van der Waals surface area contributed by atoms with Crippen molar-refractivity contribution in [3.05, 3.63) is 18.2 Å². The van der Waals surface area contributed by atoms with Crippen molar-refractivity contribution in [3.63, 3.8) is 0 Å². The van der Waals surface area contributed by atoms with E-state index in [4.69, 9.17) is 15.2 Å². The zero-order valence-electron chi connectivity index (χ0n) is 9.61. The number of amides is 1. The van der Waals surface area contributed by atoms with Crippen LogP contribution in [0.3, 0.4) is 0 Å². The van der Waals surface area contributed by atoms with Crippen LogP contribution in [0.1, 0.15) is 6.92 Å². The summed E-state index contributed by atoms with van der Waals surface area (Å²) in [5.74, 6) is 0.888. The molecule has 1 amide bonds. The van der Waals surface area contributed by atoms with Gasteiger partial charge in [-0.1, -0.05) is 0 Å². The lowest BCUT2D eigenvalue weighted by atomic mass is 10.2. The molecule has 5 heteroatoms. The van der Waals surface area contributed by atoms with E-state index >= 15 is 0 Å². The quantitative estimate of drug-likeness (QED) is 0.782. The summed E-state index contributed by atoms with van der Waals surface area (Å²) in [5.41, 5.74) is 5.89. The number of primary amides is 1. The van der Waals surface area contributed by atoms with Gasteiger partial charge in [0, 0.05) is 23.9 Å². The van der Waals surface area contributed by atoms with Gasteiger partial charge < -0.3 is 20.5 Å². The zero-order chi connectivity index (χ0) is 12.1. The molecule has 0 saturated carbocycles. The Bertz CT molecular complexity index is 357. The van der Waals surface area contributed by atoms with Gasteiger partial charge in [-0.3, -0.25) is 4.79 Å². The van der Waals surface area contributed by atoms with Gasteiger partial charge in [0.15, 0.2) is 0 Å². The van der Waals surface area contributed by atoms with Crippen LogP contribution in [0.4, 0.5) is 5.69 Å². The van der Waals surface area contributed by atoms with Gasteiger partial charge in [0.05, 0.1) is 14.2 Å². The van der Waals surface area contributed by atoms with E-state index in [1.165, 1.54) is 0 Å². The molecule has 0 aliphatic carbocycles. The molecular weight excluding hydrogens is 208 g/mol. The molecule has 1 aromatic rings. The van der Waals surface area contributed by atoms with Gasteiger partial charge in [-0.2, -0.15) is 0 Å². The summed E-state index contributed by atoms with van der Waals surface area (Å²) in [7, 11) is 3.13. The summed E-state index contributed by atoms with van der Waals surface area (Å²) in [6.45, 7) is 1.69. The van der Waals surface area contributed by atoms with E-state index in [9.17, 15) is 4.79 Å². The van der Waals surface area contributed by atoms with Crippen LogP contribution in [0.25, 0.3) is 0 Å². The standard InChI is InChI=1S/C11H16N2O3/c1-7(11(12)14)13-8-4-9(15-2)6-10(5-8)16-3/h4-7,13H,1-3H3,(H2,12,14). The van der Waals surface area contributed by atoms with Crippen molar-refractivity contribution < 1.29 is 14.3 Å². The maximum Gasteiger partial charge on any atom is 0.239 e. The summed E-state index contributed by atoms with van der Waals surface area (Å²) in [6, 6.07) is 4.83. The Hall–Kier alpha value is -1.91. The second kappa shape index (κ2) is 5.25. The van der Waals surface area contributed by atoms with Crippen LogP contribution in [0, 0.1) is 0 Å². The third-order valence-corrected chi connectivity index (χ3v) is 2.16. The Labute approximate surface area is 94.5 Å². The number of ether oxygens (including phenoxy) is 2. The molecule has 1 atom stereocenters. The van der Waals surface area contributed by atoms with E-state index in [2.05, 4.69) is 5.32 Å². The number of rotatable bonds is 5. The molecule has 0 spiro atoms. The van der Waals surface area contributed by atoms with Gasteiger partial charge in [0.2, 0.25) is 5.91 Å². The number of nitrogens with two attached hydrogens (primary N) is 1. The maximum absolute atomic E-state index is 10.9. The van der Waals surface area contributed by atoms with Gasteiger partial charge >= 0.3 is 0 Å². The third kappa shape index (κ3) is 3.05. The Morgan fingerprint density at radius 2 is 1.75 bits per heavy atom. The summed E-state index contributed by atoms with van der Waals surface area (Å²) in [6.07, 6.45) is 0. The number of carbonyl (C=O) groups excluding carboxylic acids is 1. The van der Waals surface area contributed by atoms with Gasteiger partial charge in [0.25, 0.3) is 0 Å². The van der Waals surface area contributed by atoms with E-state index in [-0.39, 0.29) is 0 Å². The van der Waals surface area contributed by atoms with Crippen molar-refractivity contribution >= 4 is 11.6 Å². The van der Waals surface area contributed by atoms with E-state index in [0.29, 0.717) is 11.5 Å². The fourth-order valence-electron chi connectivity index (χ4n) is 1.21. The number of anilines is 1. The Morgan fingerprint density at radius 3 is 2.12 bits per heavy atom. The Kier molecular flexibility index (Phi) is 3.99. The lowest BCUT2D eigenvalue weighted by Crippen LogP contribution is -2.32. The van der Waals surface area contributed by atoms with Crippen molar-refractivity contribution in [2.45, 2.75) is 13.0 Å². The first kappa shape index (κ1) is 12.2. The van der Waals surface area contributed by atoms with Gasteiger partial charge in [-0.15, -0.1) is 0 Å². The molecule has 1 rings (SSSR count). The van der Waals surface area contributed by atoms with E-state index in [1.54, 1.807) is 39.3 Å². The van der Waals surface area contributed by atoms with Crippen molar-refractivity contribution in [1.82, 2.24) is 0 Å². The first-order valence-electron chi connectivity index (χ1n) is 4.85. The predicted octanol–water partition coefficient (Wildman–Crippen LogP) is 0.989. The molecule has 0 aromatic heterocycles. The highest BCUT2D eigenvalue weighted by Gasteiger charge is 2.09. The molecule has 0 saturated heterocycles. The molecule has 0 radical (unpaired) electrons. The molecule has 3 N–H and O–H groups in total. The monoisotopic (exact) mass is 224 g/mol. The highest BCUT2D eigenvalue weighted by molar-refractivity contribution is 5.82. The second-order valence-electron chi connectivity index (χ2n) is 3.37. The normalized spacial score (nSPS) is 11.7. The van der Waals surface area contributed by atoms with Crippen molar-refractivity contribution in [3.8, 4) is 11.5 Å². The first-order valence-corrected chi connectivity index (χ1v) is 4.85. The van der Waals surface area contributed by atoms with Gasteiger partial charge in [-0.05, 0) is 6.92 Å². The number of hydrogen-bond donors (Lipinski definition) is 2. The lowest BCUT2D eigenvalue weighted by molar-refractivity contribution is -0.118. The summed E-state index contributed by atoms with van der Waals surface area (Å²) in [5, 5.41) is 2.96. The fourth-order valence-corrected chi connectivity index (χ4v) is 1.21. The van der Waals surface area contributed by atoms with E-state index in [0.717, 1.165) is 5.69 Å². The molecule has 0 aliphatic rings. The largest absolute Gasteiger partial charge is 0.497 e. The van der Waals surface area contributed by atoms with Crippen LogP contribution in [0.15, 0.2) is 18.2 Å². The average molecular weight is 224 g/mol. The molecule has 0 fully saturated rings. The smallest absolute Gasteiger partial charge is 0.239 e. The molecular formula is C11H16N2O3. The summed E-state index contributed by atoms with van der Waals surface area (Å²) < 4.78 is 10.2. The topological polar surface area (TPSA) is 73.6 Å². The van der Waals surface area contributed by atoms with Crippen molar-refractivity contribution in [2.24, 2.45) is 5.73 Å². The van der Waals surface area contributed by atoms with Crippen LogP contribution >= 0.6 is 0 Å². The van der Waals surface area contributed by atoms with Crippen LogP contribution in [0.2, 0.25) is 0 Å². The van der Waals surface area contributed by atoms with Crippen LogP contribution in [-0.2, 0) is 4.79 Å². The number of benzene rings is 1. The van der Waals surface area contributed by atoms with Crippen LogP contribution < -0.4 is 20.5 Å². The molecule has 0 aliphatic heterocycles. The fraction of sp³-hybridized carbons (Fsp3) is 0.364. The minimum Gasteiger partial charge on any atom is -0.497 e. The van der Waals surface area contributed by atoms with E-state index in [1.807, 2.05) is 0 Å². The SMILES string of the molecule is COc1cc(NC(C)C(N)=O)cc(OC)c1. The number of nitrogens with one attached hydrogen (secondary N) is 1. The molecule has 88 valence electrons. The minimum absolute atomic E-state index is 0.415. The van der Waals surface area contributed by atoms with Crippen LogP contribution in [0.5, 0.6) is 11.5 Å². The molecule has 5 nitrogen and oxygen atoms in total. The lowest BCUT2D eigenvalue weighted by Gasteiger charge is -2.13. The third-order valence-electron chi connectivity index (χ3n) is 2.16. The second-order valence-corrected chi connectivity index (χ2v) is 3.37. The highest BCUT2D eigenvalue weighted by atomic mass is 16.5. The first-order chi connectivity index (χ1) is 7.56. The predicted molar refractivity (Wildman–Crippen MR) is 61.8 cm³/mol. The molecule has 1 aromatic carbocycles. The number of hydrogen-bond acceptors (Lipinski definition) is 4. The minimum atomic E-state index is -0.447. The Morgan fingerprint density at radius 1 is 1.25 bits per heavy atom. The number of methoxy groups -OCH3 is 2. The molecule has 1 unspecified atom stereocenters. The van der Waals surface area contributed by atoms with Gasteiger partial charge in [0.1, 0.15) is 17.5 Å². The highest BCUT2D eigenvalue weighted by Crippen LogP contribution is 2.26. The Balaban J connectivity index is 2.90.